The summed E-state index contributed by atoms with van der Waals surface area (Å²) in [4.78, 5) is 25.2. The maximum Gasteiger partial charge on any atom is 0.319 e. The molecule has 1 heterocycles. The Kier molecular flexibility index (Phi) is 7.99. The zero-order valence-electron chi connectivity index (χ0n) is 19.9. The lowest BCUT2D eigenvalue weighted by atomic mass is 9.80. The predicted octanol–water partition coefficient (Wildman–Crippen LogP) is 3.97. The van der Waals surface area contributed by atoms with Gasteiger partial charge in [0.05, 0.1) is 41.0 Å². The maximum atomic E-state index is 12.7. The lowest BCUT2D eigenvalue weighted by Gasteiger charge is -2.32. The van der Waals surface area contributed by atoms with Crippen molar-refractivity contribution in [2.24, 2.45) is 5.92 Å². The molecule has 9 nitrogen and oxygen atoms in total. The van der Waals surface area contributed by atoms with Crippen LogP contribution < -0.4 is 18.9 Å². The Bertz CT molecular complexity index is 1080. The quantitative estimate of drug-likeness (QED) is 0.547. The molecule has 0 aromatic heterocycles. The molecule has 2 atom stereocenters. The number of fused-ring (bicyclic) bond motifs is 1. The Morgan fingerprint density at radius 1 is 0.941 bits per heavy atom. The Balaban J connectivity index is 2.15. The number of carbonyl (C=O) groups excluding carboxylic acids is 2. The smallest absolute Gasteiger partial charge is 0.319 e. The Morgan fingerprint density at radius 3 is 2.26 bits per heavy atom. The molecule has 182 valence electrons. The van der Waals surface area contributed by atoms with Gasteiger partial charge in [-0.3, -0.25) is 15.0 Å². The average Bonchev–Trinajstić information content (AvgIpc) is 2.82. The zero-order chi connectivity index (χ0) is 24.8. The molecule has 2 aromatic carbocycles. The fourth-order valence-electron chi connectivity index (χ4n) is 4.10. The third-order valence-corrected chi connectivity index (χ3v) is 5.56. The summed E-state index contributed by atoms with van der Waals surface area (Å²) in [6, 6.07) is 8.93. The van der Waals surface area contributed by atoms with Gasteiger partial charge in [-0.1, -0.05) is 6.07 Å². The SMILES string of the molecule is CCOC(=O)CC1c2cc(-c3ccc(OC)c(OC)c3OC)ccc2OC(=N)C1C(=O)OCC. The van der Waals surface area contributed by atoms with E-state index in [9.17, 15) is 9.59 Å². The van der Waals surface area contributed by atoms with E-state index in [-0.39, 0.29) is 25.5 Å². The summed E-state index contributed by atoms with van der Waals surface area (Å²) in [6.07, 6.45) is -0.109. The average molecular weight is 472 g/mol. The standard InChI is InChI=1S/C25H29NO8/c1-6-32-20(27)13-17-16-12-14(15-9-11-19(29-3)23(31-5)22(15)30-4)8-10-18(16)34-24(26)21(17)25(28)33-7-2/h8-12,17,21,26H,6-7,13H2,1-5H3. The molecule has 9 heteroatoms. The van der Waals surface area contributed by atoms with Gasteiger partial charge in [0.1, 0.15) is 11.7 Å². The van der Waals surface area contributed by atoms with Crippen LogP contribution in [0.4, 0.5) is 0 Å². The highest BCUT2D eigenvalue weighted by atomic mass is 16.5. The lowest BCUT2D eigenvalue weighted by molar-refractivity contribution is -0.148. The second kappa shape index (κ2) is 10.9. The molecular weight excluding hydrogens is 442 g/mol. The van der Waals surface area contributed by atoms with Crippen LogP contribution in [0, 0.1) is 11.3 Å². The number of hydrogen-bond donors (Lipinski definition) is 1. The van der Waals surface area contributed by atoms with Gasteiger partial charge in [-0.2, -0.15) is 0 Å². The number of rotatable bonds is 9. The van der Waals surface area contributed by atoms with Crippen LogP contribution in [0.2, 0.25) is 0 Å². The third kappa shape index (κ3) is 4.78. The van der Waals surface area contributed by atoms with Crippen molar-refractivity contribution in [1.82, 2.24) is 0 Å². The summed E-state index contributed by atoms with van der Waals surface area (Å²) in [5.74, 6) is -1.32. The van der Waals surface area contributed by atoms with Gasteiger partial charge < -0.3 is 28.4 Å². The molecule has 1 aliphatic rings. The van der Waals surface area contributed by atoms with Gasteiger partial charge in [0.2, 0.25) is 11.6 Å². The first-order valence-corrected chi connectivity index (χ1v) is 10.9. The minimum Gasteiger partial charge on any atom is -0.493 e. The number of benzene rings is 2. The number of esters is 2. The van der Waals surface area contributed by atoms with Crippen molar-refractivity contribution in [3.05, 3.63) is 35.9 Å². The van der Waals surface area contributed by atoms with E-state index in [0.29, 0.717) is 34.1 Å². The first kappa shape index (κ1) is 24.9. The third-order valence-electron chi connectivity index (χ3n) is 5.56. The van der Waals surface area contributed by atoms with E-state index >= 15 is 0 Å². The molecule has 0 bridgehead atoms. The molecule has 0 saturated heterocycles. The fourth-order valence-corrected chi connectivity index (χ4v) is 4.10. The highest BCUT2D eigenvalue weighted by molar-refractivity contribution is 6.00. The minimum atomic E-state index is -1.07. The summed E-state index contributed by atoms with van der Waals surface area (Å²) in [5.41, 5.74) is 2.05. The van der Waals surface area contributed by atoms with Crippen LogP contribution in [-0.2, 0) is 19.1 Å². The number of nitrogens with one attached hydrogen (secondary N) is 1. The minimum absolute atomic E-state index is 0.109. The molecule has 2 aromatic rings. The molecule has 2 unspecified atom stereocenters. The molecule has 34 heavy (non-hydrogen) atoms. The van der Waals surface area contributed by atoms with Gasteiger partial charge >= 0.3 is 11.9 Å². The lowest BCUT2D eigenvalue weighted by Crippen LogP contribution is -2.39. The number of ether oxygens (including phenoxy) is 6. The highest BCUT2D eigenvalue weighted by Crippen LogP contribution is 2.47. The van der Waals surface area contributed by atoms with Gasteiger partial charge in [0, 0.05) is 17.0 Å². The maximum absolute atomic E-state index is 12.7. The van der Waals surface area contributed by atoms with E-state index in [1.165, 1.54) is 21.3 Å². The van der Waals surface area contributed by atoms with Crippen LogP contribution in [0.3, 0.4) is 0 Å². The van der Waals surface area contributed by atoms with Gasteiger partial charge in [0.15, 0.2) is 11.5 Å². The van der Waals surface area contributed by atoms with Crippen molar-refractivity contribution in [3.8, 4) is 34.1 Å². The molecule has 0 aliphatic carbocycles. The largest absolute Gasteiger partial charge is 0.493 e. The van der Waals surface area contributed by atoms with E-state index in [4.69, 9.17) is 33.8 Å². The molecule has 3 rings (SSSR count). The summed E-state index contributed by atoms with van der Waals surface area (Å²) in [5, 5.41) is 8.32. The fraction of sp³-hybridized carbons (Fsp3) is 0.400. The Labute approximate surface area is 198 Å². The number of hydrogen-bond acceptors (Lipinski definition) is 9. The molecule has 0 saturated carbocycles. The summed E-state index contributed by atoms with van der Waals surface area (Å²) >= 11 is 0. The van der Waals surface area contributed by atoms with Crippen LogP contribution in [0.15, 0.2) is 30.3 Å². The molecule has 0 fully saturated rings. The van der Waals surface area contributed by atoms with E-state index in [1.54, 1.807) is 26.0 Å². The molecule has 0 spiro atoms. The highest BCUT2D eigenvalue weighted by Gasteiger charge is 2.43. The second-order valence-electron chi connectivity index (χ2n) is 7.45. The molecule has 1 N–H and O–H groups in total. The Hall–Kier alpha value is -3.75. The molecule has 1 aliphatic heterocycles. The molecule has 0 amide bonds. The second-order valence-corrected chi connectivity index (χ2v) is 7.45. The molecular formula is C25H29NO8. The van der Waals surface area contributed by atoms with Gasteiger partial charge in [0.25, 0.3) is 0 Å². The predicted molar refractivity (Wildman–Crippen MR) is 124 cm³/mol. The summed E-state index contributed by atoms with van der Waals surface area (Å²) in [6.45, 7) is 3.74. The summed E-state index contributed by atoms with van der Waals surface area (Å²) in [7, 11) is 4.59. The van der Waals surface area contributed by atoms with Gasteiger partial charge in [-0.05, 0) is 43.7 Å². The van der Waals surface area contributed by atoms with Crippen molar-refractivity contribution in [3.63, 3.8) is 0 Å². The van der Waals surface area contributed by atoms with Crippen molar-refractivity contribution in [1.29, 1.82) is 5.41 Å². The van der Waals surface area contributed by atoms with Crippen LogP contribution in [-0.4, -0.2) is 52.4 Å². The van der Waals surface area contributed by atoms with E-state index in [2.05, 4.69) is 0 Å². The van der Waals surface area contributed by atoms with Crippen molar-refractivity contribution in [2.75, 3.05) is 34.5 Å². The number of methoxy groups -OCH3 is 3. The Morgan fingerprint density at radius 2 is 1.65 bits per heavy atom. The van der Waals surface area contributed by atoms with Crippen molar-refractivity contribution in [2.45, 2.75) is 26.2 Å². The zero-order valence-corrected chi connectivity index (χ0v) is 19.9. The van der Waals surface area contributed by atoms with Crippen molar-refractivity contribution < 1.29 is 38.0 Å². The van der Waals surface area contributed by atoms with E-state index in [0.717, 1.165) is 5.56 Å². The monoisotopic (exact) mass is 471 g/mol. The van der Waals surface area contributed by atoms with Crippen LogP contribution in [0.1, 0.15) is 31.7 Å². The van der Waals surface area contributed by atoms with Crippen molar-refractivity contribution >= 4 is 17.8 Å². The van der Waals surface area contributed by atoms with Gasteiger partial charge in [-0.15, -0.1) is 0 Å². The first-order valence-electron chi connectivity index (χ1n) is 10.9. The topological polar surface area (TPSA) is 113 Å². The van der Waals surface area contributed by atoms with Crippen LogP contribution >= 0.6 is 0 Å². The van der Waals surface area contributed by atoms with Crippen LogP contribution in [0.5, 0.6) is 23.0 Å². The van der Waals surface area contributed by atoms with Gasteiger partial charge in [-0.25, -0.2) is 0 Å². The summed E-state index contributed by atoms with van der Waals surface area (Å²) < 4.78 is 32.5. The normalized spacial score (nSPS) is 16.7. The van der Waals surface area contributed by atoms with E-state index in [1.807, 2.05) is 18.2 Å². The number of carbonyl (C=O) groups is 2. The first-order chi connectivity index (χ1) is 16.4. The van der Waals surface area contributed by atoms with Crippen LogP contribution in [0.25, 0.3) is 11.1 Å². The van der Waals surface area contributed by atoms with E-state index < -0.39 is 23.8 Å². The molecule has 0 radical (unpaired) electrons.